The zero-order valence-electron chi connectivity index (χ0n) is 16.8. The lowest BCUT2D eigenvalue weighted by Crippen LogP contribution is -2.35. The molecule has 0 spiro atoms. The summed E-state index contributed by atoms with van der Waals surface area (Å²) in [5.41, 5.74) is 0. The SMILES string of the molecule is CCCCCCCCCCOCCCN(CCS(=O)(=O)O)C(=O)C=CC(=O)O. The summed E-state index contributed by atoms with van der Waals surface area (Å²) in [6.07, 6.45) is 11.8. The van der Waals surface area contributed by atoms with Gasteiger partial charge in [-0.1, -0.05) is 51.9 Å². The number of carbonyl (C=O) groups is 2. The Morgan fingerprint density at radius 2 is 1.46 bits per heavy atom. The van der Waals surface area contributed by atoms with Crippen molar-refractivity contribution in [1.82, 2.24) is 4.90 Å². The highest BCUT2D eigenvalue weighted by Gasteiger charge is 2.14. The first-order chi connectivity index (χ1) is 13.3. The summed E-state index contributed by atoms with van der Waals surface area (Å²) in [5, 5.41) is 8.58. The second-order valence-corrected chi connectivity index (χ2v) is 8.30. The highest BCUT2D eigenvalue weighted by atomic mass is 32.2. The molecule has 8 nitrogen and oxygen atoms in total. The minimum atomic E-state index is -4.21. The molecule has 0 saturated heterocycles. The van der Waals surface area contributed by atoms with Crippen molar-refractivity contribution in [3.8, 4) is 0 Å². The molecule has 2 N–H and O–H groups in total. The van der Waals surface area contributed by atoms with Gasteiger partial charge in [-0.3, -0.25) is 9.35 Å². The van der Waals surface area contributed by atoms with Gasteiger partial charge in [0.05, 0.1) is 5.75 Å². The minimum Gasteiger partial charge on any atom is -0.478 e. The van der Waals surface area contributed by atoms with E-state index in [4.69, 9.17) is 14.4 Å². The number of aliphatic carboxylic acids is 1. The van der Waals surface area contributed by atoms with Gasteiger partial charge in [-0.05, 0) is 12.8 Å². The monoisotopic (exact) mass is 421 g/mol. The molecule has 0 aromatic rings. The molecule has 0 aliphatic heterocycles. The van der Waals surface area contributed by atoms with E-state index in [1.165, 1.54) is 43.4 Å². The second-order valence-electron chi connectivity index (χ2n) is 6.72. The molecule has 0 radical (unpaired) electrons. The van der Waals surface area contributed by atoms with Crippen molar-refractivity contribution in [2.24, 2.45) is 0 Å². The van der Waals surface area contributed by atoms with Crippen LogP contribution in [0.1, 0.15) is 64.7 Å². The van der Waals surface area contributed by atoms with Crippen LogP contribution in [0.25, 0.3) is 0 Å². The van der Waals surface area contributed by atoms with Crippen molar-refractivity contribution < 1.29 is 32.4 Å². The number of carboxylic acid groups (broad SMARTS) is 1. The van der Waals surface area contributed by atoms with Gasteiger partial charge in [0.1, 0.15) is 0 Å². The molecular formula is C19H35NO7S. The van der Waals surface area contributed by atoms with Crippen molar-refractivity contribution in [3.05, 3.63) is 12.2 Å². The molecule has 0 aromatic carbocycles. The summed E-state index contributed by atoms with van der Waals surface area (Å²) in [6.45, 7) is 3.28. The van der Waals surface area contributed by atoms with Crippen LogP contribution in [0.4, 0.5) is 0 Å². The molecular weight excluding hydrogens is 386 g/mol. The van der Waals surface area contributed by atoms with Crippen LogP contribution in [-0.4, -0.2) is 66.9 Å². The number of amides is 1. The molecule has 9 heteroatoms. The fourth-order valence-electron chi connectivity index (χ4n) is 2.60. The zero-order chi connectivity index (χ0) is 21.3. The molecule has 0 bridgehead atoms. The van der Waals surface area contributed by atoms with E-state index in [0.717, 1.165) is 18.9 Å². The topological polar surface area (TPSA) is 121 Å². The fraction of sp³-hybridized carbons (Fsp3) is 0.789. The molecule has 0 unspecified atom stereocenters. The molecule has 0 heterocycles. The molecule has 0 aliphatic rings. The number of ether oxygens (including phenoxy) is 1. The van der Waals surface area contributed by atoms with Crippen molar-refractivity contribution in [2.75, 3.05) is 32.1 Å². The van der Waals surface area contributed by atoms with E-state index in [2.05, 4.69) is 6.92 Å². The van der Waals surface area contributed by atoms with Crippen LogP contribution in [0.5, 0.6) is 0 Å². The molecule has 1 amide bonds. The lowest BCUT2D eigenvalue weighted by Gasteiger charge is -2.20. The van der Waals surface area contributed by atoms with Crippen molar-refractivity contribution in [2.45, 2.75) is 64.7 Å². The second kappa shape index (κ2) is 16.5. The average Bonchev–Trinajstić information content (AvgIpc) is 2.62. The summed E-state index contributed by atoms with van der Waals surface area (Å²) >= 11 is 0. The Hall–Kier alpha value is -1.45. The predicted molar refractivity (Wildman–Crippen MR) is 108 cm³/mol. The van der Waals surface area contributed by atoms with Crippen LogP contribution in [0.3, 0.4) is 0 Å². The van der Waals surface area contributed by atoms with Gasteiger partial charge in [-0.25, -0.2) is 4.79 Å². The Kier molecular flexibility index (Phi) is 15.6. The summed E-state index contributed by atoms with van der Waals surface area (Å²) in [4.78, 5) is 23.6. The largest absolute Gasteiger partial charge is 0.478 e. The van der Waals surface area contributed by atoms with Crippen LogP contribution in [0, 0.1) is 0 Å². The standard InChI is InChI=1S/C19H35NO7S/c1-2-3-4-5-6-7-8-9-15-27-16-10-13-20(14-17-28(24,25)26)18(21)11-12-19(22)23/h11-12H,2-10,13-17H2,1H3,(H,22,23)(H,24,25,26). The quantitative estimate of drug-likeness (QED) is 0.198. The van der Waals surface area contributed by atoms with Gasteiger partial charge in [-0.15, -0.1) is 0 Å². The first kappa shape index (κ1) is 26.6. The van der Waals surface area contributed by atoms with Gasteiger partial charge >= 0.3 is 5.97 Å². The van der Waals surface area contributed by atoms with Gasteiger partial charge in [0.2, 0.25) is 5.91 Å². The van der Waals surface area contributed by atoms with E-state index in [1.807, 2.05) is 0 Å². The van der Waals surface area contributed by atoms with E-state index in [1.54, 1.807) is 0 Å². The van der Waals surface area contributed by atoms with E-state index < -0.39 is 27.7 Å². The molecule has 0 saturated carbocycles. The van der Waals surface area contributed by atoms with Crippen LogP contribution in [0.15, 0.2) is 12.2 Å². The van der Waals surface area contributed by atoms with Crippen molar-refractivity contribution in [1.29, 1.82) is 0 Å². The van der Waals surface area contributed by atoms with Crippen molar-refractivity contribution >= 4 is 22.0 Å². The van der Waals surface area contributed by atoms with Gasteiger partial charge in [0.15, 0.2) is 0 Å². The lowest BCUT2D eigenvalue weighted by atomic mass is 10.1. The smallest absolute Gasteiger partial charge is 0.328 e. The maximum Gasteiger partial charge on any atom is 0.328 e. The summed E-state index contributed by atoms with van der Waals surface area (Å²) in [6, 6.07) is 0. The summed E-state index contributed by atoms with van der Waals surface area (Å²) in [7, 11) is -4.21. The Balaban J connectivity index is 3.97. The lowest BCUT2D eigenvalue weighted by molar-refractivity contribution is -0.132. The van der Waals surface area contributed by atoms with Crippen LogP contribution < -0.4 is 0 Å². The fourth-order valence-corrected chi connectivity index (χ4v) is 3.05. The van der Waals surface area contributed by atoms with Gasteiger partial charge in [0, 0.05) is 38.5 Å². The number of carbonyl (C=O) groups excluding carboxylic acids is 1. The molecule has 28 heavy (non-hydrogen) atoms. The van der Waals surface area contributed by atoms with E-state index in [9.17, 15) is 18.0 Å². The molecule has 0 rings (SSSR count). The van der Waals surface area contributed by atoms with E-state index >= 15 is 0 Å². The third-order valence-electron chi connectivity index (χ3n) is 4.16. The first-order valence-electron chi connectivity index (χ1n) is 9.99. The summed E-state index contributed by atoms with van der Waals surface area (Å²) < 4.78 is 36.1. The van der Waals surface area contributed by atoms with Crippen LogP contribution in [-0.2, 0) is 24.4 Å². The predicted octanol–water partition coefficient (Wildman–Crippen LogP) is 2.89. The third-order valence-corrected chi connectivity index (χ3v) is 4.86. The Labute approximate surface area is 168 Å². The molecule has 0 aromatic heterocycles. The number of hydrogen-bond acceptors (Lipinski definition) is 5. The molecule has 0 fully saturated rings. The number of unbranched alkanes of at least 4 members (excludes halogenated alkanes) is 7. The number of rotatable bonds is 18. The van der Waals surface area contributed by atoms with Gasteiger partial charge in [0.25, 0.3) is 10.1 Å². The maximum absolute atomic E-state index is 12.0. The minimum absolute atomic E-state index is 0.209. The number of nitrogens with zero attached hydrogens (tertiary/aromatic N) is 1. The molecule has 0 aliphatic carbocycles. The maximum atomic E-state index is 12.0. The third kappa shape index (κ3) is 17.9. The van der Waals surface area contributed by atoms with E-state index in [-0.39, 0.29) is 13.1 Å². The number of hydrogen-bond donors (Lipinski definition) is 2. The first-order valence-corrected chi connectivity index (χ1v) is 11.6. The zero-order valence-corrected chi connectivity index (χ0v) is 17.7. The van der Waals surface area contributed by atoms with E-state index in [0.29, 0.717) is 25.7 Å². The average molecular weight is 422 g/mol. The molecule has 164 valence electrons. The molecule has 0 atom stereocenters. The Bertz CT molecular complexity index is 561. The Morgan fingerprint density at radius 1 is 0.893 bits per heavy atom. The van der Waals surface area contributed by atoms with Crippen molar-refractivity contribution in [3.63, 3.8) is 0 Å². The Morgan fingerprint density at radius 3 is 2.04 bits per heavy atom. The highest BCUT2D eigenvalue weighted by molar-refractivity contribution is 7.85. The van der Waals surface area contributed by atoms with Gasteiger partial charge in [-0.2, -0.15) is 8.42 Å². The highest BCUT2D eigenvalue weighted by Crippen LogP contribution is 2.08. The summed E-state index contributed by atoms with van der Waals surface area (Å²) in [5.74, 6) is -2.48. The van der Waals surface area contributed by atoms with Crippen LogP contribution in [0.2, 0.25) is 0 Å². The van der Waals surface area contributed by atoms with Gasteiger partial charge < -0.3 is 14.7 Å². The van der Waals surface area contributed by atoms with Crippen LogP contribution >= 0.6 is 0 Å². The number of carboxylic acids is 1. The normalized spacial score (nSPS) is 11.8.